The van der Waals surface area contributed by atoms with Crippen molar-refractivity contribution in [3.8, 4) is 0 Å². The van der Waals surface area contributed by atoms with Crippen LogP contribution in [0.5, 0.6) is 0 Å². The zero-order valence-electron chi connectivity index (χ0n) is 10.3. The summed E-state index contributed by atoms with van der Waals surface area (Å²) in [7, 11) is 1.65. The summed E-state index contributed by atoms with van der Waals surface area (Å²) in [5, 5.41) is 24.5. The van der Waals surface area contributed by atoms with Crippen LogP contribution < -0.4 is 11.3 Å². The normalized spacial score (nSPS) is 12.4. The van der Waals surface area contributed by atoms with Gasteiger partial charge in [-0.3, -0.25) is 16.1 Å². The Morgan fingerprint density at radius 2 is 1.81 bits per heavy atom. The van der Waals surface area contributed by atoms with Gasteiger partial charge in [-0.25, -0.2) is 0 Å². The topological polar surface area (TPSA) is 125 Å². The van der Waals surface area contributed by atoms with Crippen LogP contribution in [0.25, 0.3) is 0 Å². The molecule has 0 aromatic heterocycles. The van der Waals surface area contributed by atoms with Gasteiger partial charge in [0.05, 0.1) is 25.4 Å². The second-order valence-corrected chi connectivity index (χ2v) is 2.98. The predicted octanol–water partition coefficient (Wildman–Crippen LogP) is -1.06. The molecule has 0 radical (unpaired) electrons. The SMILES string of the molecule is CC(=O)O.CC(O)COC(C)CO.CNN. The Morgan fingerprint density at radius 3 is 2.00 bits per heavy atom. The van der Waals surface area contributed by atoms with Gasteiger partial charge in [0.1, 0.15) is 0 Å². The first kappa shape index (κ1) is 20.7. The summed E-state index contributed by atoms with van der Waals surface area (Å²) in [6.45, 7) is 4.78. The fraction of sp³-hybridized carbons (Fsp3) is 0.889. The summed E-state index contributed by atoms with van der Waals surface area (Å²) in [4.78, 5) is 9.00. The minimum absolute atomic E-state index is 0.00667. The van der Waals surface area contributed by atoms with Crippen LogP contribution in [0, 0.1) is 0 Å². The number of carbonyl (C=O) groups is 1. The van der Waals surface area contributed by atoms with Gasteiger partial charge in [-0.1, -0.05) is 0 Å². The van der Waals surface area contributed by atoms with E-state index in [4.69, 9.17) is 24.9 Å². The van der Waals surface area contributed by atoms with Gasteiger partial charge in [0.25, 0.3) is 5.97 Å². The fourth-order valence-corrected chi connectivity index (χ4v) is 0.356. The van der Waals surface area contributed by atoms with Crippen molar-refractivity contribution < 1.29 is 24.9 Å². The summed E-state index contributed by atoms with van der Waals surface area (Å²) in [6, 6.07) is 0. The molecule has 0 spiro atoms. The number of carboxylic acid groups (broad SMARTS) is 1. The maximum absolute atomic E-state index is 9.00. The molecule has 100 valence electrons. The van der Waals surface area contributed by atoms with E-state index in [0.717, 1.165) is 6.92 Å². The smallest absolute Gasteiger partial charge is 0.300 e. The lowest BCUT2D eigenvalue weighted by atomic mass is 10.4. The number of hydrazine groups is 1. The highest BCUT2D eigenvalue weighted by Gasteiger charge is 2.00. The molecule has 0 saturated carbocycles. The second kappa shape index (κ2) is 16.7. The van der Waals surface area contributed by atoms with Gasteiger partial charge in [0, 0.05) is 6.92 Å². The minimum atomic E-state index is -0.833. The molecule has 0 aliphatic rings. The molecule has 0 fully saturated rings. The quantitative estimate of drug-likeness (QED) is 0.313. The maximum atomic E-state index is 9.00. The average molecular weight is 240 g/mol. The molecular formula is C9H24N2O5. The van der Waals surface area contributed by atoms with Crippen LogP contribution >= 0.6 is 0 Å². The Hall–Kier alpha value is -0.730. The lowest BCUT2D eigenvalue weighted by Crippen LogP contribution is -2.19. The van der Waals surface area contributed by atoms with Crippen LogP contribution in [-0.2, 0) is 9.53 Å². The molecule has 2 unspecified atom stereocenters. The first-order valence-corrected chi connectivity index (χ1v) is 4.79. The predicted molar refractivity (Wildman–Crippen MR) is 60.7 cm³/mol. The summed E-state index contributed by atoms with van der Waals surface area (Å²) in [5.41, 5.74) is 2.25. The van der Waals surface area contributed by atoms with Gasteiger partial charge in [-0.05, 0) is 20.9 Å². The summed E-state index contributed by atoms with van der Waals surface area (Å²) in [6.07, 6.45) is -0.612. The molecule has 7 nitrogen and oxygen atoms in total. The van der Waals surface area contributed by atoms with Crippen molar-refractivity contribution >= 4 is 5.97 Å². The highest BCUT2D eigenvalue weighted by atomic mass is 16.5. The third-order valence-electron chi connectivity index (χ3n) is 0.879. The highest BCUT2D eigenvalue weighted by molar-refractivity contribution is 5.62. The molecule has 2 atom stereocenters. The number of aliphatic carboxylic acids is 1. The van der Waals surface area contributed by atoms with E-state index >= 15 is 0 Å². The molecule has 0 heterocycles. The van der Waals surface area contributed by atoms with Gasteiger partial charge >= 0.3 is 0 Å². The van der Waals surface area contributed by atoms with Crippen molar-refractivity contribution in [3.05, 3.63) is 0 Å². The number of ether oxygens (including phenoxy) is 1. The second-order valence-electron chi connectivity index (χ2n) is 2.98. The molecular weight excluding hydrogens is 216 g/mol. The zero-order chi connectivity index (χ0) is 13.6. The number of nitrogens with two attached hydrogens (primary N) is 1. The van der Waals surface area contributed by atoms with Gasteiger partial charge in [0.15, 0.2) is 0 Å². The van der Waals surface area contributed by atoms with E-state index in [1.807, 2.05) is 0 Å². The van der Waals surface area contributed by atoms with Crippen molar-refractivity contribution in [1.29, 1.82) is 0 Å². The lowest BCUT2D eigenvalue weighted by Gasteiger charge is -2.10. The number of rotatable bonds is 4. The van der Waals surface area contributed by atoms with Crippen LogP contribution in [0.3, 0.4) is 0 Å². The Labute approximate surface area is 96.2 Å². The number of carboxylic acids is 1. The number of hydrogen-bond acceptors (Lipinski definition) is 6. The van der Waals surface area contributed by atoms with Crippen molar-refractivity contribution in [2.45, 2.75) is 33.0 Å². The molecule has 0 rings (SSSR count). The number of nitrogens with one attached hydrogen (secondary N) is 1. The van der Waals surface area contributed by atoms with Crippen molar-refractivity contribution in [3.63, 3.8) is 0 Å². The zero-order valence-corrected chi connectivity index (χ0v) is 10.3. The first-order valence-electron chi connectivity index (χ1n) is 4.79. The average Bonchev–Trinajstić information content (AvgIpc) is 2.14. The molecule has 0 aliphatic heterocycles. The van der Waals surface area contributed by atoms with Crippen molar-refractivity contribution in [1.82, 2.24) is 5.43 Å². The number of hydrogen-bond donors (Lipinski definition) is 5. The molecule has 0 aliphatic carbocycles. The maximum Gasteiger partial charge on any atom is 0.300 e. The lowest BCUT2D eigenvalue weighted by molar-refractivity contribution is -0.134. The first-order chi connectivity index (χ1) is 7.31. The monoisotopic (exact) mass is 240 g/mol. The van der Waals surface area contributed by atoms with E-state index in [2.05, 4.69) is 11.3 Å². The molecule has 0 bridgehead atoms. The molecule has 6 N–H and O–H groups in total. The molecule has 0 saturated heterocycles. The molecule has 0 aromatic rings. The van der Waals surface area contributed by atoms with Crippen LogP contribution in [0.1, 0.15) is 20.8 Å². The largest absolute Gasteiger partial charge is 0.481 e. The summed E-state index contributed by atoms with van der Waals surface area (Å²) >= 11 is 0. The van der Waals surface area contributed by atoms with Crippen molar-refractivity contribution in [2.24, 2.45) is 5.84 Å². The molecule has 7 heteroatoms. The molecule has 0 aromatic carbocycles. The van der Waals surface area contributed by atoms with E-state index in [1.54, 1.807) is 20.9 Å². The van der Waals surface area contributed by atoms with Crippen molar-refractivity contribution in [2.75, 3.05) is 20.3 Å². The number of aliphatic hydroxyl groups is 2. The van der Waals surface area contributed by atoms with Crippen LogP contribution in [0.15, 0.2) is 0 Å². The Kier molecular flexibility index (Phi) is 21.5. The van der Waals surface area contributed by atoms with Crippen LogP contribution in [-0.4, -0.2) is 53.8 Å². The third-order valence-corrected chi connectivity index (χ3v) is 0.879. The van der Waals surface area contributed by atoms with E-state index in [1.165, 1.54) is 0 Å². The summed E-state index contributed by atoms with van der Waals surface area (Å²) < 4.78 is 4.95. The van der Waals surface area contributed by atoms with Gasteiger partial charge in [-0.2, -0.15) is 0 Å². The Bertz CT molecular complexity index is 140. The third kappa shape index (κ3) is 50.8. The van der Waals surface area contributed by atoms with Crippen LogP contribution in [0.4, 0.5) is 0 Å². The van der Waals surface area contributed by atoms with Gasteiger partial charge in [0.2, 0.25) is 0 Å². The number of aliphatic hydroxyl groups excluding tert-OH is 2. The Balaban J connectivity index is -0.000000201. The molecule has 16 heavy (non-hydrogen) atoms. The van der Waals surface area contributed by atoms with E-state index < -0.39 is 12.1 Å². The van der Waals surface area contributed by atoms with E-state index in [-0.39, 0.29) is 12.7 Å². The standard InChI is InChI=1S/C6H14O3.C2H4O2.CH6N2/c1-5(8)4-9-6(2)3-7;1-2(3)4;1-3-2/h5-8H,3-4H2,1-2H3;1H3,(H,3,4);3H,2H2,1H3. The van der Waals surface area contributed by atoms with E-state index in [9.17, 15) is 0 Å². The van der Waals surface area contributed by atoms with E-state index in [0.29, 0.717) is 6.61 Å². The fourth-order valence-electron chi connectivity index (χ4n) is 0.356. The summed E-state index contributed by atoms with van der Waals surface area (Å²) in [5.74, 6) is 3.76. The highest BCUT2D eigenvalue weighted by Crippen LogP contribution is 1.90. The van der Waals surface area contributed by atoms with Gasteiger partial charge < -0.3 is 20.1 Å². The van der Waals surface area contributed by atoms with Gasteiger partial charge in [-0.15, -0.1) is 0 Å². The molecule has 0 amide bonds. The Morgan fingerprint density at radius 1 is 1.50 bits per heavy atom. The van der Waals surface area contributed by atoms with Crippen LogP contribution in [0.2, 0.25) is 0 Å². The minimum Gasteiger partial charge on any atom is -0.481 e.